The predicted octanol–water partition coefficient (Wildman–Crippen LogP) is 2.51. The number of benzene rings is 1. The molecule has 8 nitrogen and oxygen atoms in total. The van der Waals surface area contributed by atoms with Crippen molar-refractivity contribution in [2.24, 2.45) is 0 Å². The van der Waals surface area contributed by atoms with E-state index in [0.29, 0.717) is 20.6 Å². The van der Waals surface area contributed by atoms with E-state index in [1.165, 1.54) is 19.2 Å². The second-order valence-corrected chi connectivity index (χ2v) is 7.18. The maximum Gasteiger partial charge on any atom is 0.308 e. The van der Waals surface area contributed by atoms with Crippen molar-refractivity contribution in [3.8, 4) is 5.75 Å². The summed E-state index contributed by atoms with van der Waals surface area (Å²) in [6.45, 7) is 3.03. The molecular formula is C14H14ClN3O5S2. The van der Waals surface area contributed by atoms with E-state index in [4.69, 9.17) is 20.9 Å². The highest BCUT2D eigenvalue weighted by Crippen LogP contribution is 2.29. The van der Waals surface area contributed by atoms with Crippen molar-refractivity contribution in [3.05, 3.63) is 39.4 Å². The van der Waals surface area contributed by atoms with Crippen LogP contribution < -0.4 is 14.8 Å². The zero-order chi connectivity index (χ0) is 18.6. The van der Waals surface area contributed by atoms with Crippen molar-refractivity contribution in [2.45, 2.75) is 20.4 Å². The first-order valence-electron chi connectivity index (χ1n) is 6.85. The minimum absolute atomic E-state index is 0.0594. The lowest BCUT2D eigenvalue weighted by atomic mass is 10.1. The molecule has 0 aliphatic heterocycles. The summed E-state index contributed by atoms with van der Waals surface area (Å²) >= 11 is 4.96. The molecule has 25 heavy (non-hydrogen) atoms. The number of ether oxygens (including phenoxy) is 1. The number of nitrogens with one attached hydrogen (secondary N) is 2. The summed E-state index contributed by atoms with van der Waals surface area (Å²) in [6.07, 6.45) is 1.47. The zero-order valence-electron chi connectivity index (χ0n) is 13.2. The molecular weight excluding hydrogens is 390 g/mol. The van der Waals surface area contributed by atoms with Gasteiger partial charge in [0.05, 0.1) is 5.56 Å². The van der Waals surface area contributed by atoms with Crippen LogP contribution in [0.1, 0.15) is 27.7 Å². The van der Waals surface area contributed by atoms with Crippen LogP contribution in [0.4, 0.5) is 5.13 Å². The van der Waals surface area contributed by atoms with Crippen molar-refractivity contribution in [3.63, 3.8) is 0 Å². The number of esters is 1. The van der Waals surface area contributed by atoms with E-state index in [2.05, 4.69) is 15.0 Å². The molecule has 0 saturated carbocycles. The van der Waals surface area contributed by atoms with Crippen LogP contribution in [0.2, 0.25) is 5.02 Å². The molecule has 1 aromatic heterocycles. The fraction of sp³-hybridized carbons (Fsp3) is 0.214. The third-order valence-corrected chi connectivity index (χ3v) is 4.41. The van der Waals surface area contributed by atoms with E-state index in [1.54, 1.807) is 13.0 Å². The van der Waals surface area contributed by atoms with Gasteiger partial charge in [-0.25, -0.2) is 13.9 Å². The Labute approximate surface area is 155 Å². The minimum atomic E-state index is -2.13. The lowest BCUT2D eigenvalue weighted by molar-refractivity contribution is -0.131. The van der Waals surface area contributed by atoms with Gasteiger partial charge in [0.25, 0.3) is 5.91 Å². The number of nitrogens with zero attached hydrogens (tertiary/aromatic N) is 1. The Morgan fingerprint density at radius 2 is 2.16 bits per heavy atom. The topological polar surface area (TPSA) is 118 Å². The molecule has 0 spiro atoms. The molecule has 1 aromatic carbocycles. The SMILES string of the molecule is CC(=O)Oc1cc(Cl)cc(C)c1C(=O)Nc1ncc(CNS(=O)O)s1. The van der Waals surface area contributed by atoms with Crippen molar-refractivity contribution >= 4 is 51.2 Å². The second kappa shape index (κ2) is 8.50. The summed E-state index contributed by atoms with van der Waals surface area (Å²) in [4.78, 5) is 28.5. The summed E-state index contributed by atoms with van der Waals surface area (Å²) in [5.41, 5.74) is 0.710. The molecule has 2 rings (SSSR count). The molecule has 0 fully saturated rings. The number of aromatic nitrogens is 1. The Bertz CT molecular complexity index is 840. The summed E-state index contributed by atoms with van der Waals surface area (Å²) in [7, 11) is 0. The highest BCUT2D eigenvalue weighted by molar-refractivity contribution is 7.77. The highest BCUT2D eigenvalue weighted by atomic mass is 35.5. The second-order valence-electron chi connectivity index (χ2n) is 4.85. The molecule has 1 atom stereocenters. The summed E-state index contributed by atoms with van der Waals surface area (Å²) in [5.74, 6) is -1.02. The van der Waals surface area contributed by atoms with Crippen molar-refractivity contribution in [1.82, 2.24) is 9.71 Å². The predicted molar refractivity (Wildman–Crippen MR) is 95.2 cm³/mol. The fourth-order valence-electron chi connectivity index (χ4n) is 1.98. The van der Waals surface area contributed by atoms with Gasteiger partial charge in [-0.15, -0.1) is 11.3 Å². The van der Waals surface area contributed by atoms with Gasteiger partial charge in [-0.3, -0.25) is 19.5 Å². The Kier molecular flexibility index (Phi) is 6.62. The summed E-state index contributed by atoms with van der Waals surface area (Å²) < 4.78 is 26.7. The molecule has 1 amide bonds. The minimum Gasteiger partial charge on any atom is -0.426 e. The number of aryl methyl sites for hydroxylation is 1. The molecule has 1 heterocycles. The molecule has 1 unspecified atom stereocenters. The molecule has 134 valence electrons. The number of rotatable bonds is 6. The molecule has 2 aromatic rings. The van der Waals surface area contributed by atoms with Gasteiger partial charge in [0.1, 0.15) is 5.75 Å². The Morgan fingerprint density at radius 3 is 2.80 bits per heavy atom. The number of thiazole rings is 1. The first kappa shape index (κ1) is 19.5. The highest BCUT2D eigenvalue weighted by Gasteiger charge is 2.19. The quantitative estimate of drug-likeness (QED) is 0.387. The summed E-state index contributed by atoms with van der Waals surface area (Å²) in [5, 5.41) is 3.25. The van der Waals surface area contributed by atoms with Crippen molar-refractivity contribution in [2.75, 3.05) is 5.32 Å². The molecule has 0 aliphatic rings. The molecule has 0 radical (unpaired) electrons. The van der Waals surface area contributed by atoms with Gasteiger partial charge in [-0.2, -0.15) is 0 Å². The smallest absolute Gasteiger partial charge is 0.308 e. The number of anilines is 1. The normalized spacial score (nSPS) is 11.8. The van der Waals surface area contributed by atoms with Crippen LogP contribution >= 0.6 is 22.9 Å². The Morgan fingerprint density at radius 1 is 1.44 bits per heavy atom. The maximum absolute atomic E-state index is 12.5. The fourth-order valence-corrected chi connectivity index (χ4v) is 3.36. The van der Waals surface area contributed by atoms with E-state index in [-0.39, 0.29) is 17.9 Å². The molecule has 0 bridgehead atoms. The van der Waals surface area contributed by atoms with Crippen LogP contribution in [0.3, 0.4) is 0 Å². The van der Waals surface area contributed by atoms with Gasteiger partial charge in [0, 0.05) is 35.6 Å². The van der Waals surface area contributed by atoms with E-state index >= 15 is 0 Å². The summed E-state index contributed by atoms with van der Waals surface area (Å²) in [6, 6.07) is 2.97. The van der Waals surface area contributed by atoms with Crippen LogP contribution in [-0.2, 0) is 22.6 Å². The molecule has 0 aliphatic carbocycles. The van der Waals surface area contributed by atoms with E-state index in [9.17, 15) is 13.8 Å². The lowest BCUT2D eigenvalue weighted by Gasteiger charge is -2.12. The third-order valence-electron chi connectivity index (χ3n) is 2.89. The van der Waals surface area contributed by atoms with Gasteiger partial charge < -0.3 is 4.74 Å². The van der Waals surface area contributed by atoms with E-state index in [0.717, 1.165) is 11.3 Å². The van der Waals surface area contributed by atoms with Crippen LogP contribution in [0.15, 0.2) is 18.3 Å². The molecule has 11 heteroatoms. The van der Waals surface area contributed by atoms with Crippen molar-refractivity contribution in [1.29, 1.82) is 0 Å². The number of amides is 1. The Hall–Kier alpha value is -1.85. The largest absolute Gasteiger partial charge is 0.426 e. The maximum atomic E-state index is 12.5. The standard InChI is InChI=1S/C14H14ClN3O5S2/c1-7-3-9(15)4-11(23-8(2)19)12(7)13(20)18-14-16-5-10(24-14)6-17-25(21)22/h3-5,17H,6H2,1-2H3,(H,21,22)(H,16,18,20). The number of carbonyl (C=O) groups is 2. The van der Waals surface area contributed by atoms with Gasteiger partial charge >= 0.3 is 5.97 Å². The van der Waals surface area contributed by atoms with E-state index in [1.807, 2.05) is 0 Å². The first-order chi connectivity index (χ1) is 11.8. The number of hydrogen-bond acceptors (Lipinski definition) is 6. The third kappa shape index (κ3) is 5.58. The number of carbonyl (C=O) groups excluding carboxylic acids is 2. The first-order valence-corrected chi connectivity index (χ1v) is 9.15. The average Bonchev–Trinajstić information content (AvgIpc) is 2.91. The molecule has 3 N–H and O–H groups in total. The number of hydrogen-bond donors (Lipinski definition) is 3. The van der Waals surface area contributed by atoms with Gasteiger partial charge in [-0.05, 0) is 18.6 Å². The van der Waals surface area contributed by atoms with Crippen LogP contribution in [-0.4, -0.2) is 25.6 Å². The zero-order valence-corrected chi connectivity index (χ0v) is 15.5. The Balaban J connectivity index is 2.20. The average molecular weight is 404 g/mol. The van der Waals surface area contributed by atoms with Gasteiger partial charge in [0.15, 0.2) is 5.13 Å². The number of halogens is 1. The van der Waals surface area contributed by atoms with Crippen LogP contribution in [0.25, 0.3) is 0 Å². The van der Waals surface area contributed by atoms with Gasteiger partial charge in [-0.1, -0.05) is 11.6 Å². The monoisotopic (exact) mass is 403 g/mol. The molecule has 0 saturated heterocycles. The van der Waals surface area contributed by atoms with Crippen LogP contribution in [0, 0.1) is 6.92 Å². The van der Waals surface area contributed by atoms with E-state index < -0.39 is 23.1 Å². The lowest BCUT2D eigenvalue weighted by Crippen LogP contribution is -2.16. The van der Waals surface area contributed by atoms with Crippen LogP contribution in [0.5, 0.6) is 5.75 Å². The van der Waals surface area contributed by atoms with Gasteiger partial charge in [0.2, 0.25) is 11.3 Å². The van der Waals surface area contributed by atoms with Crippen molar-refractivity contribution < 1.29 is 23.1 Å².